The third-order valence-corrected chi connectivity index (χ3v) is 5.56. The third-order valence-electron chi connectivity index (χ3n) is 4.62. The third kappa shape index (κ3) is 5.09. The van der Waals surface area contributed by atoms with Crippen LogP contribution in [0.3, 0.4) is 0 Å². The van der Waals surface area contributed by atoms with Gasteiger partial charge in [0.1, 0.15) is 5.82 Å². The molecular weight excluding hydrogens is 517 g/mol. The molecule has 0 aliphatic carbocycles. The van der Waals surface area contributed by atoms with Crippen LogP contribution in [0.5, 0.6) is 0 Å². The molecule has 0 saturated carbocycles. The number of rotatable bonds is 5. The van der Waals surface area contributed by atoms with Gasteiger partial charge in [-0.1, -0.05) is 6.07 Å². The average molecular weight is 535 g/mol. The highest BCUT2D eigenvalue weighted by Gasteiger charge is 2.12. The van der Waals surface area contributed by atoms with E-state index in [1.54, 1.807) is 42.6 Å². The van der Waals surface area contributed by atoms with Crippen molar-refractivity contribution in [2.75, 3.05) is 16.4 Å². The Morgan fingerprint density at radius 3 is 2.03 bits per heavy atom. The van der Waals surface area contributed by atoms with E-state index in [9.17, 15) is 9.59 Å². The molecule has 158 valence electrons. The highest BCUT2D eigenvalue weighted by atomic mass is 127. The fourth-order valence-corrected chi connectivity index (χ4v) is 3.59. The Hall–Kier alpha value is -3.79. The first kappa shape index (κ1) is 21.4. The number of carbonyl (C=O) groups is 2. The number of nitrogens with two attached hydrogens (primary N) is 1. The fourth-order valence-electron chi connectivity index (χ4n) is 2.98. The molecule has 2 aromatic carbocycles. The van der Waals surface area contributed by atoms with Gasteiger partial charge < -0.3 is 16.4 Å². The lowest BCUT2D eigenvalue weighted by molar-refractivity contribution is 0.101. The van der Waals surface area contributed by atoms with E-state index in [4.69, 9.17) is 5.73 Å². The zero-order valence-electron chi connectivity index (χ0n) is 16.7. The zero-order valence-corrected chi connectivity index (χ0v) is 18.9. The number of nitrogen functional groups attached to an aromatic ring is 1. The number of nitrogens with zero attached hydrogens (tertiary/aromatic N) is 2. The van der Waals surface area contributed by atoms with E-state index in [1.807, 2.05) is 36.4 Å². The molecule has 4 rings (SSSR count). The molecule has 32 heavy (non-hydrogen) atoms. The summed E-state index contributed by atoms with van der Waals surface area (Å²) in [6.45, 7) is 0. The maximum Gasteiger partial charge on any atom is 0.255 e. The van der Waals surface area contributed by atoms with Crippen LogP contribution in [-0.2, 0) is 0 Å². The molecule has 0 unspecified atom stereocenters. The van der Waals surface area contributed by atoms with Gasteiger partial charge in [0.2, 0.25) is 0 Å². The average Bonchev–Trinajstić information content (AvgIpc) is 2.82. The van der Waals surface area contributed by atoms with Crippen molar-refractivity contribution in [3.63, 3.8) is 0 Å². The summed E-state index contributed by atoms with van der Waals surface area (Å²) in [6.07, 6.45) is 3.22. The van der Waals surface area contributed by atoms with Crippen molar-refractivity contribution in [1.82, 2.24) is 9.97 Å². The molecule has 8 heteroatoms. The van der Waals surface area contributed by atoms with Crippen LogP contribution in [0, 0.1) is 3.57 Å². The first-order valence-electron chi connectivity index (χ1n) is 9.65. The number of nitrogens with one attached hydrogen (secondary N) is 2. The summed E-state index contributed by atoms with van der Waals surface area (Å²) in [7, 11) is 0. The first-order valence-corrected chi connectivity index (χ1v) is 10.7. The second kappa shape index (κ2) is 9.56. The van der Waals surface area contributed by atoms with Gasteiger partial charge in [0.05, 0.1) is 17.6 Å². The second-order valence-electron chi connectivity index (χ2n) is 6.87. The topological polar surface area (TPSA) is 110 Å². The van der Waals surface area contributed by atoms with E-state index in [2.05, 4.69) is 43.2 Å². The van der Waals surface area contributed by atoms with Crippen molar-refractivity contribution in [1.29, 1.82) is 0 Å². The minimum Gasteiger partial charge on any atom is -0.384 e. The summed E-state index contributed by atoms with van der Waals surface area (Å²) < 4.78 is 1.03. The Bertz CT molecular complexity index is 1260. The maximum atomic E-state index is 12.7. The van der Waals surface area contributed by atoms with Crippen LogP contribution in [0.25, 0.3) is 11.3 Å². The summed E-state index contributed by atoms with van der Waals surface area (Å²) in [4.78, 5) is 33.4. The van der Waals surface area contributed by atoms with Crippen LogP contribution in [0.1, 0.15) is 20.7 Å². The molecule has 0 fully saturated rings. The number of aromatic nitrogens is 2. The molecule has 0 radical (unpaired) electrons. The van der Waals surface area contributed by atoms with E-state index < -0.39 is 0 Å². The summed E-state index contributed by atoms with van der Waals surface area (Å²) in [5, 5.41) is 5.64. The molecule has 4 N–H and O–H groups in total. The molecule has 0 aliphatic heterocycles. The van der Waals surface area contributed by atoms with Crippen molar-refractivity contribution in [3.05, 3.63) is 99.9 Å². The predicted molar refractivity (Wildman–Crippen MR) is 133 cm³/mol. The van der Waals surface area contributed by atoms with Crippen molar-refractivity contribution in [2.45, 2.75) is 0 Å². The lowest BCUT2D eigenvalue weighted by atomic mass is 10.1. The largest absolute Gasteiger partial charge is 0.384 e. The zero-order chi connectivity index (χ0) is 22.5. The monoisotopic (exact) mass is 535 g/mol. The number of hydrogen-bond donors (Lipinski definition) is 3. The summed E-state index contributed by atoms with van der Waals surface area (Å²) in [5.74, 6) is -0.201. The molecule has 0 spiro atoms. The highest BCUT2D eigenvalue weighted by Crippen LogP contribution is 2.27. The van der Waals surface area contributed by atoms with Crippen molar-refractivity contribution < 1.29 is 9.59 Å². The van der Waals surface area contributed by atoms with E-state index in [0.29, 0.717) is 28.3 Å². The van der Waals surface area contributed by atoms with Crippen LogP contribution >= 0.6 is 22.6 Å². The van der Waals surface area contributed by atoms with Gasteiger partial charge in [-0.15, -0.1) is 0 Å². The van der Waals surface area contributed by atoms with Crippen LogP contribution in [0.15, 0.2) is 85.2 Å². The molecule has 0 atom stereocenters. The second-order valence-corrected chi connectivity index (χ2v) is 8.03. The van der Waals surface area contributed by atoms with E-state index in [0.717, 1.165) is 14.8 Å². The van der Waals surface area contributed by atoms with E-state index >= 15 is 0 Å². The first-order chi connectivity index (χ1) is 15.5. The molecular formula is C24H18IN5O2. The minimum atomic E-state index is -0.304. The van der Waals surface area contributed by atoms with Gasteiger partial charge >= 0.3 is 0 Å². The summed E-state index contributed by atoms with van der Waals surface area (Å²) >= 11 is 2.24. The Morgan fingerprint density at radius 1 is 0.781 bits per heavy atom. The number of carbonyl (C=O) groups excluding carboxylic acids is 2. The van der Waals surface area contributed by atoms with E-state index in [-0.39, 0.29) is 11.8 Å². The maximum absolute atomic E-state index is 12.7. The number of halogens is 1. The molecule has 2 heterocycles. The van der Waals surface area contributed by atoms with Gasteiger partial charge in [-0.2, -0.15) is 0 Å². The lowest BCUT2D eigenvalue weighted by Crippen LogP contribution is -2.14. The van der Waals surface area contributed by atoms with Crippen molar-refractivity contribution in [2.24, 2.45) is 0 Å². The van der Waals surface area contributed by atoms with Gasteiger partial charge in [-0.3, -0.25) is 14.6 Å². The molecule has 0 saturated heterocycles. The smallest absolute Gasteiger partial charge is 0.255 e. The van der Waals surface area contributed by atoms with Gasteiger partial charge in [0.15, 0.2) is 0 Å². The van der Waals surface area contributed by atoms with Crippen LogP contribution < -0.4 is 16.4 Å². The molecule has 2 amide bonds. The SMILES string of the molecule is Nc1ccc(NC(=O)c2ccc(C(=O)Nc3ccc(I)c(-c4ccccn4)c3)cc2)cn1. The number of hydrogen-bond acceptors (Lipinski definition) is 5. The predicted octanol–water partition coefficient (Wildman–Crippen LogP) is 4.84. The molecule has 2 aromatic heterocycles. The Labute approximate surface area is 198 Å². The lowest BCUT2D eigenvalue weighted by Gasteiger charge is -2.10. The van der Waals surface area contributed by atoms with Crippen LogP contribution in [0.2, 0.25) is 0 Å². The van der Waals surface area contributed by atoms with Crippen LogP contribution in [0.4, 0.5) is 17.2 Å². The summed E-state index contributed by atoms with van der Waals surface area (Å²) in [6, 6.07) is 21.1. The molecule has 4 aromatic rings. The van der Waals surface area contributed by atoms with E-state index in [1.165, 1.54) is 6.20 Å². The highest BCUT2D eigenvalue weighted by molar-refractivity contribution is 14.1. The van der Waals surface area contributed by atoms with Gasteiger partial charge in [-0.05, 0) is 89.3 Å². The number of pyridine rings is 2. The Balaban J connectivity index is 1.45. The standard InChI is InChI=1S/C24H18IN5O2/c25-20-10-8-17(13-19(20)21-3-1-2-12-27-21)29-23(31)15-4-6-16(7-5-15)24(32)30-18-9-11-22(26)28-14-18/h1-14H,(H2,26,28)(H,29,31)(H,30,32). The number of amides is 2. The quantitative estimate of drug-likeness (QED) is 0.317. The van der Waals surface area contributed by atoms with Gasteiger partial charge in [-0.25, -0.2) is 4.98 Å². The number of benzene rings is 2. The Kier molecular flexibility index (Phi) is 6.41. The van der Waals surface area contributed by atoms with Crippen molar-refractivity contribution in [3.8, 4) is 11.3 Å². The minimum absolute atomic E-state index is 0.270. The fraction of sp³-hybridized carbons (Fsp3) is 0. The molecule has 0 bridgehead atoms. The normalized spacial score (nSPS) is 10.4. The molecule has 7 nitrogen and oxygen atoms in total. The Morgan fingerprint density at radius 2 is 1.44 bits per heavy atom. The van der Waals surface area contributed by atoms with Gasteiger partial charge in [0.25, 0.3) is 11.8 Å². The number of anilines is 3. The van der Waals surface area contributed by atoms with Crippen molar-refractivity contribution >= 4 is 51.6 Å². The molecule has 0 aliphatic rings. The van der Waals surface area contributed by atoms with Gasteiger partial charge in [0, 0.05) is 32.1 Å². The van der Waals surface area contributed by atoms with Crippen LogP contribution in [-0.4, -0.2) is 21.8 Å². The summed E-state index contributed by atoms with van der Waals surface area (Å²) in [5.41, 5.74) is 9.38.